The maximum Gasteiger partial charge on any atom is 0.416 e. The van der Waals surface area contributed by atoms with E-state index in [1.165, 1.54) is 22.9 Å². The molecule has 1 aromatic heterocycles. The molecular formula is C13H11F3N2O2. The Morgan fingerprint density at radius 3 is 2.35 bits per heavy atom. The summed E-state index contributed by atoms with van der Waals surface area (Å²) in [6, 6.07) is 6.15. The van der Waals surface area contributed by atoms with Crippen molar-refractivity contribution in [3.63, 3.8) is 0 Å². The molecule has 1 N–H and O–H groups in total. The predicted molar refractivity (Wildman–Crippen MR) is 64.4 cm³/mol. The lowest BCUT2D eigenvalue weighted by atomic mass is 10.1. The summed E-state index contributed by atoms with van der Waals surface area (Å²) in [5, 5.41) is 12.6. The Bertz CT molecular complexity index is 630. The number of carboxylic acids is 1. The molecule has 0 amide bonds. The number of nitrogens with zero attached hydrogens (tertiary/aromatic N) is 2. The van der Waals surface area contributed by atoms with Crippen molar-refractivity contribution in [3.8, 4) is 0 Å². The molecule has 2 rings (SSSR count). The number of aromatic carboxylic acids is 1. The second-order valence-electron chi connectivity index (χ2n) is 4.32. The molecule has 0 aliphatic carbocycles. The average molecular weight is 284 g/mol. The highest BCUT2D eigenvalue weighted by molar-refractivity contribution is 5.85. The van der Waals surface area contributed by atoms with Crippen LogP contribution in [0.1, 0.15) is 27.3 Å². The summed E-state index contributed by atoms with van der Waals surface area (Å²) in [7, 11) is 1.59. The molecular weight excluding hydrogens is 273 g/mol. The number of alkyl halides is 3. The number of aromatic nitrogens is 2. The quantitative estimate of drug-likeness (QED) is 0.942. The van der Waals surface area contributed by atoms with Crippen molar-refractivity contribution in [1.82, 2.24) is 9.78 Å². The molecule has 1 aromatic carbocycles. The monoisotopic (exact) mass is 284 g/mol. The number of rotatable bonds is 3. The maximum atomic E-state index is 12.4. The second kappa shape index (κ2) is 4.99. The Labute approximate surface area is 112 Å². The van der Waals surface area contributed by atoms with Crippen molar-refractivity contribution in [3.05, 3.63) is 52.8 Å². The highest BCUT2D eigenvalue weighted by Gasteiger charge is 2.29. The van der Waals surface area contributed by atoms with Crippen LogP contribution < -0.4 is 0 Å². The Hall–Kier alpha value is -2.31. The summed E-state index contributed by atoms with van der Waals surface area (Å²) in [4.78, 5) is 10.8. The molecule has 7 heteroatoms. The molecule has 0 aliphatic rings. The van der Waals surface area contributed by atoms with E-state index < -0.39 is 17.7 Å². The highest BCUT2D eigenvalue weighted by Crippen LogP contribution is 2.29. The summed E-state index contributed by atoms with van der Waals surface area (Å²) in [6.07, 6.45) is -4.05. The first-order chi connectivity index (χ1) is 9.27. The lowest BCUT2D eigenvalue weighted by molar-refractivity contribution is -0.137. The molecule has 2 aromatic rings. The molecule has 0 aliphatic heterocycles. The van der Waals surface area contributed by atoms with Crippen LogP contribution in [0.4, 0.5) is 13.2 Å². The van der Waals surface area contributed by atoms with Crippen LogP contribution in [0.15, 0.2) is 30.3 Å². The molecule has 0 unspecified atom stereocenters. The zero-order valence-corrected chi connectivity index (χ0v) is 10.5. The first-order valence-corrected chi connectivity index (χ1v) is 5.69. The van der Waals surface area contributed by atoms with Gasteiger partial charge in [0.25, 0.3) is 0 Å². The van der Waals surface area contributed by atoms with Gasteiger partial charge in [0, 0.05) is 19.2 Å². The number of halogens is 3. The van der Waals surface area contributed by atoms with Crippen LogP contribution in [0, 0.1) is 0 Å². The first kappa shape index (κ1) is 14.1. The zero-order valence-electron chi connectivity index (χ0n) is 10.5. The largest absolute Gasteiger partial charge is 0.476 e. The number of aryl methyl sites for hydroxylation is 1. The lowest BCUT2D eigenvalue weighted by Gasteiger charge is -2.07. The van der Waals surface area contributed by atoms with Crippen LogP contribution in [-0.2, 0) is 19.6 Å². The van der Waals surface area contributed by atoms with Gasteiger partial charge in [0.05, 0.1) is 5.56 Å². The highest BCUT2D eigenvalue weighted by atomic mass is 19.4. The summed E-state index contributed by atoms with van der Waals surface area (Å²) < 4.78 is 38.7. The van der Waals surface area contributed by atoms with Gasteiger partial charge in [-0.2, -0.15) is 18.3 Å². The van der Waals surface area contributed by atoms with Crippen LogP contribution in [0.3, 0.4) is 0 Å². The zero-order chi connectivity index (χ0) is 14.9. The van der Waals surface area contributed by atoms with E-state index in [0.29, 0.717) is 17.7 Å². The Morgan fingerprint density at radius 1 is 1.30 bits per heavy atom. The van der Waals surface area contributed by atoms with Crippen LogP contribution in [-0.4, -0.2) is 20.9 Å². The topological polar surface area (TPSA) is 55.1 Å². The van der Waals surface area contributed by atoms with Gasteiger partial charge in [0.2, 0.25) is 0 Å². The molecule has 4 nitrogen and oxygen atoms in total. The molecule has 1 heterocycles. The lowest BCUT2D eigenvalue weighted by Crippen LogP contribution is -2.05. The number of benzene rings is 1. The van der Waals surface area contributed by atoms with Crippen molar-refractivity contribution in [1.29, 1.82) is 0 Å². The second-order valence-corrected chi connectivity index (χ2v) is 4.32. The molecule has 0 saturated carbocycles. The van der Waals surface area contributed by atoms with Gasteiger partial charge in [-0.1, -0.05) is 12.1 Å². The van der Waals surface area contributed by atoms with Crippen molar-refractivity contribution >= 4 is 5.97 Å². The third kappa shape index (κ3) is 2.98. The van der Waals surface area contributed by atoms with E-state index in [2.05, 4.69) is 5.10 Å². The number of carbonyl (C=O) groups is 1. The molecule has 0 spiro atoms. The van der Waals surface area contributed by atoms with E-state index in [9.17, 15) is 18.0 Å². The summed E-state index contributed by atoms with van der Waals surface area (Å²) in [5.41, 5.74) is 0.465. The van der Waals surface area contributed by atoms with Crippen LogP contribution in [0.25, 0.3) is 0 Å². The van der Waals surface area contributed by atoms with Crippen molar-refractivity contribution in [2.24, 2.45) is 7.05 Å². The molecule has 0 atom stereocenters. The number of carboxylic acid groups (broad SMARTS) is 1. The maximum absolute atomic E-state index is 12.4. The van der Waals surface area contributed by atoms with E-state index in [4.69, 9.17) is 5.11 Å². The molecule has 0 saturated heterocycles. The van der Waals surface area contributed by atoms with E-state index in [1.54, 1.807) is 7.05 Å². The Kier molecular flexibility index (Phi) is 3.52. The Balaban J connectivity index is 2.20. The number of hydrogen-bond donors (Lipinski definition) is 1. The van der Waals surface area contributed by atoms with Gasteiger partial charge in [-0.05, 0) is 23.8 Å². The van der Waals surface area contributed by atoms with Crippen LogP contribution >= 0.6 is 0 Å². The van der Waals surface area contributed by atoms with Crippen molar-refractivity contribution in [2.45, 2.75) is 12.6 Å². The molecule has 0 radical (unpaired) electrons. The van der Waals surface area contributed by atoms with Gasteiger partial charge in [0.15, 0.2) is 5.69 Å². The molecule has 106 valence electrons. The Morgan fingerprint density at radius 2 is 1.90 bits per heavy atom. The fraction of sp³-hybridized carbons (Fsp3) is 0.231. The van der Waals surface area contributed by atoms with Gasteiger partial charge < -0.3 is 5.11 Å². The van der Waals surface area contributed by atoms with Gasteiger partial charge in [-0.15, -0.1) is 0 Å². The van der Waals surface area contributed by atoms with Crippen molar-refractivity contribution in [2.75, 3.05) is 0 Å². The van der Waals surface area contributed by atoms with E-state index in [1.807, 2.05) is 0 Å². The molecule has 0 bridgehead atoms. The van der Waals surface area contributed by atoms with Crippen LogP contribution in [0.2, 0.25) is 0 Å². The van der Waals surface area contributed by atoms with Gasteiger partial charge in [0.1, 0.15) is 0 Å². The molecule has 0 fully saturated rings. The van der Waals surface area contributed by atoms with Gasteiger partial charge in [-0.25, -0.2) is 4.79 Å². The van der Waals surface area contributed by atoms with Crippen LogP contribution in [0.5, 0.6) is 0 Å². The van der Waals surface area contributed by atoms with Gasteiger partial charge in [-0.3, -0.25) is 4.68 Å². The first-order valence-electron chi connectivity index (χ1n) is 5.69. The minimum absolute atomic E-state index is 0.0885. The minimum atomic E-state index is -4.36. The average Bonchev–Trinajstić information content (AvgIpc) is 2.71. The van der Waals surface area contributed by atoms with Gasteiger partial charge >= 0.3 is 12.1 Å². The normalized spacial score (nSPS) is 11.6. The van der Waals surface area contributed by atoms with E-state index in [-0.39, 0.29) is 5.69 Å². The minimum Gasteiger partial charge on any atom is -0.476 e. The van der Waals surface area contributed by atoms with E-state index in [0.717, 1.165) is 12.1 Å². The predicted octanol–water partition coefficient (Wildman–Crippen LogP) is 2.73. The third-order valence-corrected chi connectivity index (χ3v) is 2.86. The fourth-order valence-electron chi connectivity index (χ4n) is 1.80. The fourth-order valence-corrected chi connectivity index (χ4v) is 1.80. The standard InChI is InChI=1S/C13H11F3N2O2/c1-18-10(7-11(17-18)12(19)20)6-8-2-4-9(5-3-8)13(14,15)16/h2-5,7H,6H2,1H3,(H,19,20). The van der Waals surface area contributed by atoms with E-state index >= 15 is 0 Å². The summed E-state index contributed by atoms with van der Waals surface area (Å²) >= 11 is 0. The SMILES string of the molecule is Cn1nc(C(=O)O)cc1Cc1ccc(C(F)(F)F)cc1. The smallest absolute Gasteiger partial charge is 0.416 e. The third-order valence-electron chi connectivity index (χ3n) is 2.86. The van der Waals surface area contributed by atoms with Crippen molar-refractivity contribution < 1.29 is 23.1 Å². The summed E-state index contributed by atoms with van der Waals surface area (Å²) in [5.74, 6) is -1.14. The molecule has 20 heavy (non-hydrogen) atoms. The number of hydrogen-bond acceptors (Lipinski definition) is 2. The summed E-state index contributed by atoms with van der Waals surface area (Å²) in [6.45, 7) is 0.